The first-order valence-electron chi connectivity index (χ1n) is 5.95. The zero-order valence-corrected chi connectivity index (χ0v) is 9.95. The van der Waals surface area contributed by atoms with Gasteiger partial charge in [-0.1, -0.05) is 42.5 Å². The average Bonchev–Trinajstić information content (AvgIpc) is 2.87. The number of aliphatic hydroxyl groups excluding tert-OH is 1. The first kappa shape index (κ1) is 11.0. The molecule has 0 aliphatic carbocycles. The van der Waals surface area contributed by atoms with Crippen LogP contribution >= 0.6 is 0 Å². The van der Waals surface area contributed by atoms with E-state index in [0.717, 1.165) is 6.54 Å². The van der Waals surface area contributed by atoms with Crippen molar-refractivity contribution in [2.24, 2.45) is 0 Å². The van der Waals surface area contributed by atoms with Crippen LogP contribution in [-0.4, -0.2) is 14.7 Å². The summed E-state index contributed by atoms with van der Waals surface area (Å²) < 4.78 is 1.99. The van der Waals surface area contributed by atoms with Gasteiger partial charge in [-0.2, -0.15) is 0 Å². The monoisotopic (exact) mass is 238 g/mol. The molecule has 0 radical (unpaired) electrons. The van der Waals surface area contributed by atoms with Crippen molar-refractivity contribution in [1.82, 2.24) is 9.55 Å². The second kappa shape index (κ2) is 4.63. The molecule has 0 fully saturated rings. The topological polar surface area (TPSA) is 38.0 Å². The van der Waals surface area contributed by atoms with Gasteiger partial charge in [-0.3, -0.25) is 0 Å². The Morgan fingerprint density at radius 3 is 2.72 bits per heavy atom. The van der Waals surface area contributed by atoms with Crippen molar-refractivity contribution in [2.45, 2.75) is 13.2 Å². The molecule has 1 N–H and O–H groups in total. The van der Waals surface area contributed by atoms with Gasteiger partial charge in [-0.05, 0) is 16.3 Å². The maximum atomic E-state index is 9.01. The van der Waals surface area contributed by atoms with Crippen LogP contribution in [0.1, 0.15) is 11.3 Å². The van der Waals surface area contributed by atoms with Gasteiger partial charge in [0.25, 0.3) is 0 Å². The lowest BCUT2D eigenvalue weighted by Crippen LogP contribution is -1.97. The molecule has 0 atom stereocenters. The SMILES string of the molecule is OCc1cn(Cc2cccc3ccccc23)cn1. The molecular weight excluding hydrogens is 224 g/mol. The molecule has 0 bridgehead atoms. The maximum absolute atomic E-state index is 9.01. The first-order chi connectivity index (χ1) is 8.86. The third-order valence-electron chi connectivity index (χ3n) is 3.08. The van der Waals surface area contributed by atoms with Crippen LogP contribution in [0.2, 0.25) is 0 Å². The van der Waals surface area contributed by atoms with Crippen molar-refractivity contribution >= 4 is 10.8 Å². The smallest absolute Gasteiger partial charge is 0.0953 e. The van der Waals surface area contributed by atoms with E-state index in [9.17, 15) is 0 Å². The van der Waals surface area contributed by atoms with Crippen LogP contribution in [0.25, 0.3) is 10.8 Å². The van der Waals surface area contributed by atoms with E-state index in [1.165, 1.54) is 16.3 Å². The van der Waals surface area contributed by atoms with Crippen LogP contribution in [0, 0.1) is 0 Å². The average molecular weight is 238 g/mol. The molecule has 0 unspecified atom stereocenters. The summed E-state index contributed by atoms with van der Waals surface area (Å²) in [6.45, 7) is 0.761. The fraction of sp³-hybridized carbons (Fsp3) is 0.133. The first-order valence-corrected chi connectivity index (χ1v) is 5.95. The van der Waals surface area contributed by atoms with Crippen LogP contribution in [0.15, 0.2) is 55.0 Å². The van der Waals surface area contributed by atoms with Gasteiger partial charge < -0.3 is 9.67 Å². The minimum Gasteiger partial charge on any atom is -0.390 e. The molecule has 0 aliphatic heterocycles. The van der Waals surface area contributed by atoms with E-state index in [-0.39, 0.29) is 6.61 Å². The van der Waals surface area contributed by atoms with Crippen LogP contribution in [0.3, 0.4) is 0 Å². The molecule has 3 aromatic rings. The maximum Gasteiger partial charge on any atom is 0.0953 e. The number of imidazole rings is 1. The molecule has 2 aromatic carbocycles. The summed E-state index contributed by atoms with van der Waals surface area (Å²) in [5.41, 5.74) is 1.96. The van der Waals surface area contributed by atoms with Gasteiger partial charge in [0.1, 0.15) is 0 Å². The Labute approximate surface area is 105 Å². The molecular formula is C15H14N2O. The van der Waals surface area contributed by atoms with Crippen molar-refractivity contribution in [3.63, 3.8) is 0 Å². The van der Waals surface area contributed by atoms with Gasteiger partial charge in [0, 0.05) is 12.7 Å². The normalized spacial score (nSPS) is 10.9. The zero-order chi connectivity index (χ0) is 12.4. The predicted octanol–water partition coefficient (Wildman–Crippen LogP) is 2.58. The van der Waals surface area contributed by atoms with E-state index in [2.05, 4.69) is 41.4 Å². The van der Waals surface area contributed by atoms with Crippen molar-refractivity contribution in [2.75, 3.05) is 0 Å². The Hall–Kier alpha value is -2.13. The highest BCUT2D eigenvalue weighted by Gasteiger charge is 2.02. The highest BCUT2D eigenvalue weighted by Crippen LogP contribution is 2.19. The third kappa shape index (κ3) is 2.00. The Bertz CT molecular complexity index is 668. The van der Waals surface area contributed by atoms with E-state index in [4.69, 9.17) is 5.11 Å². The summed E-state index contributed by atoms with van der Waals surface area (Å²) in [5, 5.41) is 11.5. The molecule has 0 amide bonds. The highest BCUT2D eigenvalue weighted by atomic mass is 16.3. The predicted molar refractivity (Wildman–Crippen MR) is 71.2 cm³/mol. The lowest BCUT2D eigenvalue weighted by atomic mass is 10.0. The molecule has 1 heterocycles. The van der Waals surface area contributed by atoms with E-state index >= 15 is 0 Å². The number of nitrogens with zero attached hydrogens (tertiary/aromatic N) is 2. The number of aromatic nitrogens is 2. The summed E-state index contributed by atoms with van der Waals surface area (Å²) in [5.74, 6) is 0. The molecule has 3 rings (SSSR count). The van der Waals surface area contributed by atoms with Gasteiger partial charge in [-0.15, -0.1) is 0 Å². The summed E-state index contributed by atoms with van der Waals surface area (Å²) in [4.78, 5) is 4.12. The highest BCUT2D eigenvalue weighted by molar-refractivity contribution is 5.85. The van der Waals surface area contributed by atoms with Crippen molar-refractivity contribution in [3.8, 4) is 0 Å². The Kier molecular flexibility index (Phi) is 2.82. The van der Waals surface area contributed by atoms with E-state index in [0.29, 0.717) is 5.69 Å². The summed E-state index contributed by atoms with van der Waals surface area (Å²) >= 11 is 0. The minimum absolute atomic E-state index is 0.0114. The van der Waals surface area contributed by atoms with Gasteiger partial charge in [0.05, 0.1) is 18.6 Å². The van der Waals surface area contributed by atoms with Gasteiger partial charge in [0.15, 0.2) is 0 Å². The molecule has 0 spiro atoms. The van der Waals surface area contributed by atoms with Crippen LogP contribution in [-0.2, 0) is 13.2 Å². The third-order valence-corrected chi connectivity index (χ3v) is 3.08. The second-order valence-electron chi connectivity index (χ2n) is 4.33. The van der Waals surface area contributed by atoms with Crippen molar-refractivity contribution in [3.05, 3.63) is 66.2 Å². The molecule has 0 aliphatic rings. The molecule has 0 saturated heterocycles. The van der Waals surface area contributed by atoms with Crippen LogP contribution in [0.5, 0.6) is 0 Å². The fourth-order valence-electron chi connectivity index (χ4n) is 2.20. The number of hydrogen-bond acceptors (Lipinski definition) is 2. The Morgan fingerprint density at radius 1 is 1.06 bits per heavy atom. The largest absolute Gasteiger partial charge is 0.390 e. The van der Waals surface area contributed by atoms with Crippen molar-refractivity contribution < 1.29 is 5.11 Å². The summed E-state index contributed by atoms with van der Waals surface area (Å²) in [6, 6.07) is 14.7. The molecule has 3 heteroatoms. The van der Waals surface area contributed by atoms with Crippen LogP contribution in [0.4, 0.5) is 0 Å². The summed E-state index contributed by atoms with van der Waals surface area (Å²) in [7, 11) is 0. The fourth-order valence-corrected chi connectivity index (χ4v) is 2.20. The standard InChI is InChI=1S/C15H14N2O/c18-10-14-9-17(11-16-14)8-13-6-3-5-12-4-1-2-7-15(12)13/h1-7,9,11,18H,8,10H2. The lowest BCUT2D eigenvalue weighted by Gasteiger charge is -2.07. The van der Waals surface area contributed by atoms with Crippen LogP contribution < -0.4 is 0 Å². The Balaban J connectivity index is 1.99. The molecule has 90 valence electrons. The number of fused-ring (bicyclic) bond motifs is 1. The van der Waals surface area contributed by atoms with Gasteiger partial charge >= 0.3 is 0 Å². The van der Waals surface area contributed by atoms with E-state index in [1.807, 2.05) is 16.8 Å². The van der Waals surface area contributed by atoms with Crippen molar-refractivity contribution in [1.29, 1.82) is 0 Å². The Morgan fingerprint density at radius 2 is 1.89 bits per heavy atom. The lowest BCUT2D eigenvalue weighted by molar-refractivity contribution is 0.277. The minimum atomic E-state index is -0.0114. The zero-order valence-electron chi connectivity index (χ0n) is 9.95. The second-order valence-corrected chi connectivity index (χ2v) is 4.33. The molecule has 18 heavy (non-hydrogen) atoms. The summed E-state index contributed by atoms with van der Waals surface area (Å²) in [6.07, 6.45) is 3.63. The van der Waals surface area contributed by atoms with E-state index < -0.39 is 0 Å². The number of rotatable bonds is 3. The molecule has 0 saturated carbocycles. The molecule has 3 nitrogen and oxygen atoms in total. The number of hydrogen-bond donors (Lipinski definition) is 1. The van der Waals surface area contributed by atoms with E-state index in [1.54, 1.807) is 6.33 Å². The van der Waals surface area contributed by atoms with Gasteiger partial charge in [0.2, 0.25) is 0 Å². The number of aliphatic hydroxyl groups is 1. The molecule has 1 aromatic heterocycles. The number of benzene rings is 2. The van der Waals surface area contributed by atoms with Gasteiger partial charge in [-0.25, -0.2) is 4.98 Å². The quantitative estimate of drug-likeness (QED) is 0.761.